The van der Waals surface area contributed by atoms with Gasteiger partial charge in [0.1, 0.15) is 5.82 Å². The van der Waals surface area contributed by atoms with E-state index in [0.29, 0.717) is 5.56 Å². The molecule has 1 aliphatic heterocycles. The second kappa shape index (κ2) is 7.25. The number of anilines is 1. The largest absolute Gasteiger partial charge is 0.371 e. The minimum atomic E-state index is -0.372. The van der Waals surface area contributed by atoms with E-state index in [-0.39, 0.29) is 11.7 Å². The van der Waals surface area contributed by atoms with Crippen molar-refractivity contribution in [2.24, 2.45) is 5.10 Å². The van der Waals surface area contributed by atoms with Crippen molar-refractivity contribution in [1.82, 2.24) is 5.43 Å². The highest BCUT2D eigenvalue weighted by atomic mass is 19.1. The molecular weight excluding hydrogens is 305 g/mol. The first kappa shape index (κ1) is 16.2. The maximum absolute atomic E-state index is 12.8. The molecule has 5 heteroatoms. The summed E-state index contributed by atoms with van der Waals surface area (Å²) < 4.78 is 12.8. The van der Waals surface area contributed by atoms with Crippen molar-refractivity contribution in [2.75, 3.05) is 18.0 Å². The summed E-state index contributed by atoms with van der Waals surface area (Å²) in [4.78, 5) is 14.3. The maximum Gasteiger partial charge on any atom is 0.271 e. The molecule has 0 radical (unpaired) electrons. The minimum Gasteiger partial charge on any atom is -0.371 e. The van der Waals surface area contributed by atoms with Gasteiger partial charge in [0.15, 0.2) is 0 Å². The first-order valence-electron chi connectivity index (χ1n) is 8.08. The number of hydrazone groups is 1. The molecule has 1 saturated heterocycles. The number of amides is 1. The van der Waals surface area contributed by atoms with E-state index in [9.17, 15) is 9.18 Å². The number of rotatable bonds is 4. The van der Waals surface area contributed by atoms with Crippen LogP contribution < -0.4 is 10.3 Å². The fourth-order valence-corrected chi connectivity index (χ4v) is 2.90. The average molecular weight is 325 g/mol. The third-order valence-electron chi connectivity index (χ3n) is 4.15. The molecule has 3 rings (SSSR count). The van der Waals surface area contributed by atoms with Crippen molar-refractivity contribution in [3.63, 3.8) is 0 Å². The number of benzene rings is 2. The second-order valence-electron chi connectivity index (χ2n) is 5.95. The molecule has 1 heterocycles. The molecule has 1 fully saturated rings. The summed E-state index contributed by atoms with van der Waals surface area (Å²) in [6, 6.07) is 11.5. The molecule has 1 aliphatic rings. The Morgan fingerprint density at radius 2 is 1.88 bits per heavy atom. The number of halogens is 1. The Hall–Kier alpha value is -2.69. The fraction of sp³-hybridized carbons (Fsp3) is 0.263. The van der Waals surface area contributed by atoms with E-state index in [1.807, 2.05) is 6.07 Å². The molecule has 0 saturated carbocycles. The normalized spacial score (nSPS) is 14.3. The number of carbonyl (C=O) groups is 1. The molecular formula is C19H20FN3O. The number of carbonyl (C=O) groups excluding carboxylic acids is 1. The van der Waals surface area contributed by atoms with Gasteiger partial charge < -0.3 is 4.90 Å². The van der Waals surface area contributed by atoms with Gasteiger partial charge in [0.05, 0.1) is 6.21 Å². The quantitative estimate of drug-likeness (QED) is 0.691. The molecule has 0 spiro atoms. The van der Waals surface area contributed by atoms with Crippen LogP contribution in [0.5, 0.6) is 0 Å². The van der Waals surface area contributed by atoms with Crippen LogP contribution in [-0.2, 0) is 0 Å². The SMILES string of the molecule is Cc1cc(/C=N/NC(=O)c2ccc(F)cc2)ccc1N1CCCC1. The molecule has 0 aromatic heterocycles. The zero-order chi connectivity index (χ0) is 16.9. The van der Waals surface area contributed by atoms with Gasteiger partial charge in [-0.1, -0.05) is 6.07 Å². The summed E-state index contributed by atoms with van der Waals surface area (Å²) in [6.07, 6.45) is 4.11. The van der Waals surface area contributed by atoms with E-state index in [0.717, 1.165) is 18.7 Å². The van der Waals surface area contributed by atoms with Gasteiger partial charge in [-0.05, 0) is 67.3 Å². The van der Waals surface area contributed by atoms with Gasteiger partial charge in [-0.25, -0.2) is 9.82 Å². The molecule has 1 amide bonds. The Morgan fingerprint density at radius 3 is 2.54 bits per heavy atom. The van der Waals surface area contributed by atoms with Gasteiger partial charge in [0.2, 0.25) is 0 Å². The lowest BCUT2D eigenvalue weighted by atomic mass is 10.1. The van der Waals surface area contributed by atoms with Crippen molar-refractivity contribution in [3.8, 4) is 0 Å². The predicted molar refractivity (Wildman–Crippen MR) is 94.1 cm³/mol. The van der Waals surface area contributed by atoms with Crippen molar-refractivity contribution in [1.29, 1.82) is 0 Å². The lowest BCUT2D eigenvalue weighted by molar-refractivity contribution is 0.0955. The Morgan fingerprint density at radius 1 is 1.17 bits per heavy atom. The zero-order valence-electron chi connectivity index (χ0n) is 13.6. The van der Waals surface area contributed by atoms with E-state index in [2.05, 4.69) is 34.5 Å². The summed E-state index contributed by atoms with van der Waals surface area (Å²) in [5, 5.41) is 3.98. The highest BCUT2D eigenvalue weighted by molar-refractivity contribution is 5.94. The van der Waals surface area contributed by atoms with Crippen molar-refractivity contribution >= 4 is 17.8 Å². The minimum absolute atomic E-state index is 0.364. The molecule has 0 unspecified atom stereocenters. The van der Waals surface area contributed by atoms with E-state index in [4.69, 9.17) is 0 Å². The number of hydrogen-bond donors (Lipinski definition) is 1. The smallest absolute Gasteiger partial charge is 0.271 e. The van der Waals surface area contributed by atoms with Crippen LogP contribution in [0.1, 0.15) is 34.3 Å². The van der Waals surface area contributed by atoms with Crippen LogP contribution in [0.3, 0.4) is 0 Å². The van der Waals surface area contributed by atoms with Gasteiger partial charge >= 0.3 is 0 Å². The molecule has 24 heavy (non-hydrogen) atoms. The van der Waals surface area contributed by atoms with Crippen LogP contribution >= 0.6 is 0 Å². The third kappa shape index (κ3) is 3.79. The molecule has 124 valence electrons. The molecule has 1 N–H and O–H groups in total. The third-order valence-corrected chi connectivity index (χ3v) is 4.15. The average Bonchev–Trinajstić information content (AvgIpc) is 3.10. The summed E-state index contributed by atoms with van der Waals surface area (Å²) >= 11 is 0. The van der Waals surface area contributed by atoms with Crippen LogP contribution in [0, 0.1) is 12.7 Å². The Balaban J connectivity index is 1.63. The van der Waals surface area contributed by atoms with Crippen LogP contribution in [0.4, 0.5) is 10.1 Å². The number of nitrogens with zero attached hydrogens (tertiary/aromatic N) is 2. The Kier molecular flexibility index (Phi) is 4.89. The van der Waals surface area contributed by atoms with Gasteiger partial charge in [-0.3, -0.25) is 4.79 Å². The lowest BCUT2D eigenvalue weighted by Crippen LogP contribution is -2.19. The summed E-state index contributed by atoms with van der Waals surface area (Å²) in [5.41, 5.74) is 6.21. The molecule has 4 nitrogen and oxygen atoms in total. The lowest BCUT2D eigenvalue weighted by Gasteiger charge is -2.20. The standard InChI is InChI=1S/C19H20FN3O/c1-14-12-15(4-9-18(14)23-10-2-3-11-23)13-21-22-19(24)16-5-7-17(20)8-6-16/h4-9,12-13H,2-3,10-11H2,1H3,(H,22,24)/b21-13+. The van der Waals surface area contributed by atoms with Crippen molar-refractivity contribution in [2.45, 2.75) is 19.8 Å². The Labute approximate surface area is 141 Å². The highest BCUT2D eigenvalue weighted by Gasteiger charge is 2.14. The maximum atomic E-state index is 12.8. The fourth-order valence-electron chi connectivity index (χ4n) is 2.90. The van der Waals surface area contributed by atoms with Crippen molar-refractivity contribution < 1.29 is 9.18 Å². The van der Waals surface area contributed by atoms with Crippen LogP contribution in [-0.4, -0.2) is 25.2 Å². The van der Waals surface area contributed by atoms with Gasteiger partial charge in [0, 0.05) is 24.3 Å². The monoisotopic (exact) mass is 325 g/mol. The molecule has 2 aromatic carbocycles. The van der Waals surface area contributed by atoms with E-state index >= 15 is 0 Å². The summed E-state index contributed by atoms with van der Waals surface area (Å²) in [7, 11) is 0. The Bertz CT molecular complexity index is 750. The highest BCUT2D eigenvalue weighted by Crippen LogP contribution is 2.24. The van der Waals surface area contributed by atoms with Crippen LogP contribution in [0.25, 0.3) is 0 Å². The molecule has 2 aromatic rings. The number of hydrogen-bond acceptors (Lipinski definition) is 3. The van der Waals surface area contributed by atoms with Crippen LogP contribution in [0.15, 0.2) is 47.6 Å². The summed E-state index contributed by atoms with van der Waals surface area (Å²) in [5.74, 6) is -0.736. The van der Waals surface area contributed by atoms with E-state index in [1.165, 1.54) is 48.4 Å². The zero-order valence-corrected chi connectivity index (χ0v) is 13.6. The summed E-state index contributed by atoms with van der Waals surface area (Å²) in [6.45, 7) is 4.31. The molecule has 0 bridgehead atoms. The second-order valence-corrected chi connectivity index (χ2v) is 5.95. The van der Waals surface area contributed by atoms with E-state index < -0.39 is 0 Å². The first-order chi connectivity index (χ1) is 11.6. The van der Waals surface area contributed by atoms with Crippen LogP contribution in [0.2, 0.25) is 0 Å². The predicted octanol–water partition coefficient (Wildman–Crippen LogP) is 3.50. The number of nitrogens with one attached hydrogen (secondary N) is 1. The number of aryl methyl sites for hydroxylation is 1. The van der Waals surface area contributed by atoms with Gasteiger partial charge in [0.25, 0.3) is 5.91 Å². The van der Waals surface area contributed by atoms with Gasteiger partial charge in [-0.15, -0.1) is 0 Å². The topological polar surface area (TPSA) is 44.7 Å². The van der Waals surface area contributed by atoms with Crippen molar-refractivity contribution in [3.05, 3.63) is 65.0 Å². The molecule has 0 aliphatic carbocycles. The molecule has 0 atom stereocenters. The van der Waals surface area contributed by atoms with E-state index in [1.54, 1.807) is 6.21 Å². The first-order valence-corrected chi connectivity index (χ1v) is 8.08. The van der Waals surface area contributed by atoms with Gasteiger partial charge in [-0.2, -0.15) is 5.10 Å².